The summed E-state index contributed by atoms with van der Waals surface area (Å²) in [5.74, 6) is -2.88. The number of rotatable bonds is 21. The fourth-order valence-electron chi connectivity index (χ4n) is 7.62. The quantitative estimate of drug-likeness (QED) is 0.158. The SMILES string of the molecule is CC[C@H](C)[C@@H]([C@@H](CC(=O)N1CCC[C@H]1[C@H](OC)[C@@H](C)C(=O)N[C@@H](Cc1ccccc1)C(=O)OC)OC)N(C)C(=O)[C@H](CO)NC(=O)[C@H](C(C)C)N(C)C. The Morgan fingerprint density at radius 3 is 2.06 bits per heavy atom. The van der Waals surface area contributed by atoms with E-state index in [1.165, 1.54) is 26.2 Å². The van der Waals surface area contributed by atoms with Gasteiger partial charge in [0, 0.05) is 34.2 Å². The molecule has 9 atom stereocenters. The van der Waals surface area contributed by atoms with Crippen LogP contribution in [0, 0.1) is 17.8 Å². The van der Waals surface area contributed by atoms with Crippen LogP contribution in [-0.4, -0.2) is 147 Å². The lowest BCUT2D eigenvalue weighted by Gasteiger charge is -2.40. The third-order valence-corrected chi connectivity index (χ3v) is 10.6. The molecule has 0 saturated carbocycles. The first-order chi connectivity index (χ1) is 25.1. The van der Waals surface area contributed by atoms with Gasteiger partial charge in [0.2, 0.25) is 23.6 Å². The van der Waals surface area contributed by atoms with Crippen LogP contribution in [-0.2, 0) is 44.6 Å². The molecule has 1 aromatic rings. The van der Waals surface area contributed by atoms with Crippen molar-refractivity contribution in [3.8, 4) is 0 Å². The fraction of sp³-hybridized carbons (Fsp3) is 0.718. The maximum absolute atomic E-state index is 14.1. The van der Waals surface area contributed by atoms with Gasteiger partial charge in [-0.3, -0.25) is 24.1 Å². The van der Waals surface area contributed by atoms with Crippen LogP contribution in [0.15, 0.2) is 30.3 Å². The zero-order chi connectivity index (χ0) is 40.0. The minimum atomic E-state index is -1.18. The van der Waals surface area contributed by atoms with Gasteiger partial charge in [0.1, 0.15) is 12.1 Å². The lowest BCUT2D eigenvalue weighted by atomic mass is 9.90. The molecule has 0 aromatic heterocycles. The summed E-state index contributed by atoms with van der Waals surface area (Å²) < 4.78 is 16.8. The number of hydrogen-bond donors (Lipinski definition) is 3. The summed E-state index contributed by atoms with van der Waals surface area (Å²) in [5, 5.41) is 15.8. The monoisotopic (exact) mass is 747 g/mol. The number of methoxy groups -OCH3 is 3. The number of ether oxygens (including phenoxy) is 3. The molecule has 0 spiro atoms. The number of nitrogens with zero attached hydrogens (tertiary/aromatic N) is 3. The summed E-state index contributed by atoms with van der Waals surface area (Å²) in [6.07, 6.45) is 0.806. The summed E-state index contributed by atoms with van der Waals surface area (Å²) in [6, 6.07) is 5.76. The molecule has 0 radical (unpaired) electrons. The number of carbonyl (C=O) groups excluding carboxylic acids is 5. The third-order valence-electron chi connectivity index (χ3n) is 10.6. The molecule has 0 bridgehead atoms. The highest BCUT2D eigenvalue weighted by Gasteiger charge is 2.43. The lowest BCUT2D eigenvalue weighted by Crippen LogP contribution is -2.59. The molecule has 1 aliphatic rings. The van der Waals surface area contributed by atoms with Crippen molar-refractivity contribution in [2.45, 2.75) is 109 Å². The number of esters is 1. The van der Waals surface area contributed by atoms with E-state index < -0.39 is 72.7 Å². The van der Waals surface area contributed by atoms with Crippen molar-refractivity contribution in [3.63, 3.8) is 0 Å². The van der Waals surface area contributed by atoms with Crippen molar-refractivity contribution in [2.24, 2.45) is 17.8 Å². The van der Waals surface area contributed by atoms with Crippen molar-refractivity contribution in [2.75, 3.05) is 55.6 Å². The van der Waals surface area contributed by atoms with Gasteiger partial charge in [-0.05, 0) is 44.3 Å². The molecule has 0 aliphatic carbocycles. The first-order valence-corrected chi connectivity index (χ1v) is 18.7. The molecule has 4 amide bonds. The average molecular weight is 748 g/mol. The van der Waals surface area contributed by atoms with E-state index in [1.54, 1.807) is 37.9 Å². The molecular weight excluding hydrogens is 682 g/mol. The molecule has 53 heavy (non-hydrogen) atoms. The van der Waals surface area contributed by atoms with E-state index in [2.05, 4.69) is 10.6 Å². The Hall–Kier alpha value is -3.59. The fourth-order valence-corrected chi connectivity index (χ4v) is 7.62. The summed E-state index contributed by atoms with van der Waals surface area (Å²) >= 11 is 0. The Bertz CT molecular complexity index is 1320. The first kappa shape index (κ1) is 45.6. The van der Waals surface area contributed by atoms with Crippen LogP contribution in [0.5, 0.6) is 0 Å². The number of likely N-dealkylation sites (tertiary alicyclic amines) is 1. The number of benzene rings is 1. The van der Waals surface area contributed by atoms with Crippen molar-refractivity contribution in [3.05, 3.63) is 35.9 Å². The number of carbonyl (C=O) groups is 5. The molecular formula is C39H65N5O9. The molecule has 14 heteroatoms. The molecule has 14 nitrogen and oxygen atoms in total. The Morgan fingerprint density at radius 2 is 1.55 bits per heavy atom. The maximum atomic E-state index is 14.1. The van der Waals surface area contributed by atoms with Gasteiger partial charge in [0.25, 0.3) is 0 Å². The van der Waals surface area contributed by atoms with Gasteiger partial charge in [0.05, 0.1) is 56.4 Å². The number of likely N-dealkylation sites (N-methyl/N-ethyl adjacent to an activating group) is 2. The van der Waals surface area contributed by atoms with Gasteiger partial charge >= 0.3 is 5.97 Å². The molecule has 300 valence electrons. The van der Waals surface area contributed by atoms with Crippen molar-refractivity contribution >= 4 is 29.6 Å². The van der Waals surface area contributed by atoms with Crippen LogP contribution in [0.4, 0.5) is 0 Å². The molecule has 1 aliphatic heterocycles. The van der Waals surface area contributed by atoms with Crippen molar-refractivity contribution in [1.29, 1.82) is 0 Å². The molecule has 1 heterocycles. The third kappa shape index (κ3) is 12.2. The molecule has 3 N–H and O–H groups in total. The minimum absolute atomic E-state index is 0.0326. The van der Waals surface area contributed by atoms with Crippen LogP contribution in [0.2, 0.25) is 0 Å². The van der Waals surface area contributed by atoms with Gasteiger partial charge in [-0.15, -0.1) is 0 Å². The molecule has 0 unspecified atom stereocenters. The van der Waals surface area contributed by atoms with E-state index in [0.29, 0.717) is 25.8 Å². The zero-order valence-corrected chi connectivity index (χ0v) is 33.7. The van der Waals surface area contributed by atoms with Crippen LogP contribution < -0.4 is 10.6 Å². The first-order valence-electron chi connectivity index (χ1n) is 18.7. The van der Waals surface area contributed by atoms with Gasteiger partial charge in [-0.1, -0.05) is 71.4 Å². The van der Waals surface area contributed by atoms with Crippen LogP contribution in [0.25, 0.3) is 0 Å². The minimum Gasteiger partial charge on any atom is -0.467 e. The van der Waals surface area contributed by atoms with Crippen LogP contribution >= 0.6 is 0 Å². The van der Waals surface area contributed by atoms with Crippen LogP contribution in [0.3, 0.4) is 0 Å². The largest absolute Gasteiger partial charge is 0.467 e. The number of hydrogen-bond acceptors (Lipinski definition) is 10. The predicted octanol–water partition coefficient (Wildman–Crippen LogP) is 1.87. The zero-order valence-electron chi connectivity index (χ0n) is 33.7. The van der Waals surface area contributed by atoms with Gasteiger partial charge in [0.15, 0.2) is 0 Å². The summed E-state index contributed by atoms with van der Waals surface area (Å²) in [4.78, 5) is 72.4. The lowest BCUT2D eigenvalue weighted by molar-refractivity contribution is -0.149. The Labute approximate surface area is 316 Å². The second kappa shape index (κ2) is 21.9. The molecule has 2 rings (SSSR count). The number of aliphatic hydroxyl groups is 1. The van der Waals surface area contributed by atoms with E-state index in [9.17, 15) is 29.1 Å². The molecule has 1 saturated heterocycles. The molecule has 1 fully saturated rings. The van der Waals surface area contributed by atoms with E-state index >= 15 is 0 Å². The maximum Gasteiger partial charge on any atom is 0.328 e. The van der Waals surface area contributed by atoms with Gasteiger partial charge in [-0.2, -0.15) is 0 Å². The summed E-state index contributed by atoms with van der Waals surface area (Å²) in [7, 11) is 9.46. The van der Waals surface area contributed by atoms with E-state index in [4.69, 9.17) is 14.2 Å². The van der Waals surface area contributed by atoms with E-state index in [-0.39, 0.29) is 36.5 Å². The second-order valence-electron chi connectivity index (χ2n) is 14.8. The number of amides is 4. The standard InChI is InChI=1S/C39H65N5O9/c1-12-25(4)34(43(8)38(49)29(23-45)41-37(48)33(24(2)3)42(6)7)31(51-9)22-32(46)44-20-16-19-30(44)35(52-10)26(5)36(47)40-28(39(50)53-11)21-27-17-14-13-15-18-27/h13-15,17-18,24-26,28-31,33-35,45H,12,16,19-23H2,1-11H3,(H,40,47)(H,41,48)/t25-,26+,28-,29-,30-,31+,33-,34-,35+/m0/s1. The average Bonchev–Trinajstić information content (AvgIpc) is 3.62. The highest BCUT2D eigenvalue weighted by Crippen LogP contribution is 2.29. The number of aliphatic hydroxyl groups excluding tert-OH is 1. The van der Waals surface area contributed by atoms with Gasteiger partial charge in [-0.25, -0.2) is 4.79 Å². The highest BCUT2D eigenvalue weighted by molar-refractivity contribution is 5.90. The normalized spacial score (nSPS) is 19.1. The molecule has 1 aromatic carbocycles. The summed E-state index contributed by atoms with van der Waals surface area (Å²) in [6.45, 7) is 9.36. The van der Waals surface area contributed by atoms with E-state index in [0.717, 1.165) is 5.56 Å². The number of nitrogens with one attached hydrogen (secondary N) is 2. The van der Waals surface area contributed by atoms with Crippen LogP contribution in [0.1, 0.15) is 65.9 Å². The second-order valence-corrected chi connectivity index (χ2v) is 14.8. The predicted molar refractivity (Wildman–Crippen MR) is 202 cm³/mol. The highest BCUT2D eigenvalue weighted by atomic mass is 16.5. The van der Waals surface area contributed by atoms with E-state index in [1.807, 2.05) is 58.0 Å². The Kier molecular flexibility index (Phi) is 18.9. The van der Waals surface area contributed by atoms with Crippen molar-refractivity contribution in [1.82, 2.24) is 25.3 Å². The smallest absolute Gasteiger partial charge is 0.328 e. The topological polar surface area (TPSA) is 167 Å². The Balaban J connectivity index is 2.25. The summed E-state index contributed by atoms with van der Waals surface area (Å²) in [5.41, 5.74) is 0.864. The Morgan fingerprint density at radius 1 is 0.925 bits per heavy atom. The van der Waals surface area contributed by atoms with Gasteiger partial charge < -0.3 is 39.8 Å². The van der Waals surface area contributed by atoms with Crippen molar-refractivity contribution < 1.29 is 43.3 Å².